The standard InChI is InChI=1S/C26H20ClNO6/c1-5-12-33-26(31)20-14(3)28-13(2)19(25(30)32-4)22(20)21-17(27)11-10-16-23(29)15-8-6-7-9-18(15)34-24(16)21/h1,6-11,22,28H,12H2,2-4H3. The third kappa shape index (κ3) is 3.72. The van der Waals surface area contributed by atoms with E-state index in [0.29, 0.717) is 22.4 Å². The maximum atomic E-state index is 13.2. The van der Waals surface area contributed by atoms with Crippen LogP contribution in [0.15, 0.2) is 68.2 Å². The van der Waals surface area contributed by atoms with E-state index in [4.69, 9.17) is 31.9 Å². The van der Waals surface area contributed by atoms with Gasteiger partial charge in [0.15, 0.2) is 6.61 Å². The average molecular weight is 478 g/mol. The highest BCUT2D eigenvalue weighted by Crippen LogP contribution is 2.44. The first-order valence-electron chi connectivity index (χ1n) is 10.3. The summed E-state index contributed by atoms with van der Waals surface area (Å²) >= 11 is 6.66. The third-order valence-corrected chi connectivity index (χ3v) is 6.02. The Bertz CT molecular complexity index is 1520. The Hall–Kier alpha value is -4.02. The molecule has 2 aromatic carbocycles. The normalized spacial score (nSPS) is 15.8. The van der Waals surface area contributed by atoms with Gasteiger partial charge in [0.25, 0.3) is 0 Å². The number of hydrogen-bond acceptors (Lipinski definition) is 7. The summed E-state index contributed by atoms with van der Waals surface area (Å²) in [7, 11) is 1.24. The Morgan fingerprint density at radius 2 is 1.76 bits per heavy atom. The summed E-state index contributed by atoms with van der Waals surface area (Å²) in [6.45, 7) is 3.08. The number of nitrogens with one attached hydrogen (secondary N) is 1. The molecular weight excluding hydrogens is 458 g/mol. The molecule has 0 saturated carbocycles. The number of hydrogen-bond donors (Lipinski definition) is 1. The van der Waals surface area contributed by atoms with E-state index in [1.54, 1.807) is 44.2 Å². The third-order valence-electron chi connectivity index (χ3n) is 5.69. The van der Waals surface area contributed by atoms with Gasteiger partial charge in [-0.3, -0.25) is 4.79 Å². The van der Waals surface area contributed by atoms with Gasteiger partial charge >= 0.3 is 11.9 Å². The lowest BCUT2D eigenvalue weighted by Gasteiger charge is -2.30. The Kier molecular flexibility index (Phi) is 6.18. The smallest absolute Gasteiger partial charge is 0.337 e. The van der Waals surface area contributed by atoms with Gasteiger partial charge in [0.2, 0.25) is 5.43 Å². The first-order valence-corrected chi connectivity index (χ1v) is 10.7. The molecule has 0 amide bonds. The van der Waals surface area contributed by atoms with Gasteiger partial charge in [-0.2, -0.15) is 0 Å². The van der Waals surface area contributed by atoms with Crippen LogP contribution in [0.2, 0.25) is 5.02 Å². The molecular formula is C26H20ClNO6. The van der Waals surface area contributed by atoms with E-state index in [0.717, 1.165) is 0 Å². The zero-order valence-electron chi connectivity index (χ0n) is 18.7. The molecule has 1 aliphatic rings. The summed E-state index contributed by atoms with van der Waals surface area (Å²) in [4.78, 5) is 39.3. The molecule has 8 heteroatoms. The summed E-state index contributed by atoms with van der Waals surface area (Å²) in [6.07, 6.45) is 5.26. The van der Waals surface area contributed by atoms with Crippen LogP contribution in [0, 0.1) is 12.3 Å². The highest BCUT2D eigenvalue weighted by atomic mass is 35.5. The van der Waals surface area contributed by atoms with Crippen LogP contribution in [0.25, 0.3) is 21.9 Å². The second-order valence-electron chi connectivity index (χ2n) is 7.67. The fourth-order valence-corrected chi connectivity index (χ4v) is 4.51. The number of carbonyl (C=O) groups excluding carboxylic acids is 2. The van der Waals surface area contributed by atoms with E-state index in [2.05, 4.69) is 11.2 Å². The molecule has 1 aromatic heterocycles. The van der Waals surface area contributed by atoms with Crippen molar-refractivity contribution in [2.45, 2.75) is 19.8 Å². The van der Waals surface area contributed by atoms with Gasteiger partial charge in [-0.25, -0.2) is 9.59 Å². The summed E-state index contributed by atoms with van der Waals surface area (Å²) in [5.41, 5.74) is 1.64. The molecule has 34 heavy (non-hydrogen) atoms. The summed E-state index contributed by atoms with van der Waals surface area (Å²) in [5.74, 6) is -0.206. The van der Waals surface area contributed by atoms with Gasteiger partial charge in [0.1, 0.15) is 11.2 Å². The second-order valence-corrected chi connectivity index (χ2v) is 8.08. The van der Waals surface area contributed by atoms with E-state index < -0.39 is 17.9 Å². The van der Waals surface area contributed by atoms with E-state index >= 15 is 0 Å². The molecule has 0 radical (unpaired) electrons. The largest absolute Gasteiger partial charge is 0.466 e. The quantitative estimate of drug-likeness (QED) is 0.342. The van der Waals surface area contributed by atoms with Crippen LogP contribution >= 0.6 is 11.6 Å². The number of allylic oxidation sites excluding steroid dienone is 2. The Morgan fingerprint density at radius 1 is 1.09 bits per heavy atom. The van der Waals surface area contributed by atoms with Gasteiger partial charge < -0.3 is 19.2 Å². The minimum atomic E-state index is -1.04. The van der Waals surface area contributed by atoms with Crippen molar-refractivity contribution in [3.63, 3.8) is 0 Å². The van der Waals surface area contributed by atoms with Crippen LogP contribution in [-0.4, -0.2) is 25.7 Å². The number of rotatable bonds is 4. The molecule has 1 unspecified atom stereocenters. The lowest BCUT2D eigenvalue weighted by Crippen LogP contribution is -2.32. The molecule has 1 N–H and O–H groups in total. The highest BCUT2D eigenvalue weighted by molar-refractivity contribution is 6.32. The number of esters is 2. The van der Waals surface area contributed by atoms with Crippen molar-refractivity contribution < 1.29 is 23.5 Å². The molecule has 0 bridgehead atoms. The number of halogens is 1. The van der Waals surface area contributed by atoms with Crippen LogP contribution in [-0.2, 0) is 19.1 Å². The van der Waals surface area contributed by atoms with E-state index in [-0.39, 0.29) is 44.7 Å². The van der Waals surface area contributed by atoms with Gasteiger partial charge in [-0.05, 0) is 38.1 Å². The van der Waals surface area contributed by atoms with Crippen molar-refractivity contribution in [3.8, 4) is 12.3 Å². The molecule has 1 aliphatic heterocycles. The molecule has 172 valence electrons. The number of methoxy groups -OCH3 is 1. The molecule has 3 aromatic rings. The summed E-state index contributed by atoms with van der Waals surface area (Å²) in [6, 6.07) is 9.90. The molecule has 1 atom stereocenters. The lowest BCUT2D eigenvalue weighted by atomic mass is 9.79. The molecule has 7 nitrogen and oxygen atoms in total. The van der Waals surface area contributed by atoms with Crippen molar-refractivity contribution >= 4 is 45.5 Å². The average Bonchev–Trinajstić information content (AvgIpc) is 2.82. The topological polar surface area (TPSA) is 94.8 Å². The Morgan fingerprint density at radius 3 is 2.44 bits per heavy atom. The Labute approximate surface area is 200 Å². The van der Waals surface area contributed by atoms with Crippen LogP contribution < -0.4 is 10.7 Å². The molecule has 0 saturated heterocycles. The molecule has 4 rings (SSSR count). The predicted molar refractivity (Wildman–Crippen MR) is 128 cm³/mol. The maximum absolute atomic E-state index is 13.2. The fraction of sp³-hybridized carbons (Fsp3) is 0.192. The maximum Gasteiger partial charge on any atom is 0.337 e. The summed E-state index contributed by atoms with van der Waals surface area (Å²) in [5, 5.41) is 3.88. The SMILES string of the molecule is C#CCOC(=O)C1=C(C)NC(C)=C(C(=O)OC)C1c1c(Cl)ccc2c(=O)c3ccccc3oc12. The number of para-hydroxylation sites is 1. The minimum Gasteiger partial charge on any atom is -0.466 e. The molecule has 0 aliphatic carbocycles. The van der Waals surface area contributed by atoms with Crippen molar-refractivity contribution in [1.82, 2.24) is 5.32 Å². The number of fused-ring (bicyclic) bond motifs is 2. The van der Waals surface area contributed by atoms with Crippen molar-refractivity contribution in [2.24, 2.45) is 0 Å². The van der Waals surface area contributed by atoms with E-state index in [9.17, 15) is 14.4 Å². The molecule has 2 heterocycles. The van der Waals surface area contributed by atoms with Crippen LogP contribution in [0.5, 0.6) is 0 Å². The monoisotopic (exact) mass is 477 g/mol. The van der Waals surface area contributed by atoms with Crippen LogP contribution in [0.3, 0.4) is 0 Å². The first kappa shape index (κ1) is 23.1. The number of dihydropyridines is 1. The molecule has 0 fully saturated rings. The highest BCUT2D eigenvalue weighted by Gasteiger charge is 2.40. The predicted octanol–water partition coefficient (Wildman–Crippen LogP) is 4.18. The fourth-order valence-electron chi connectivity index (χ4n) is 4.25. The van der Waals surface area contributed by atoms with Crippen molar-refractivity contribution in [3.05, 3.63) is 79.7 Å². The van der Waals surface area contributed by atoms with E-state index in [1.807, 2.05) is 0 Å². The van der Waals surface area contributed by atoms with Gasteiger partial charge in [0, 0.05) is 22.0 Å². The minimum absolute atomic E-state index is 0.103. The zero-order chi connectivity index (χ0) is 24.6. The number of ether oxygens (including phenoxy) is 2. The van der Waals surface area contributed by atoms with Crippen LogP contribution in [0.4, 0.5) is 0 Å². The zero-order valence-corrected chi connectivity index (χ0v) is 19.4. The second kappa shape index (κ2) is 9.08. The van der Waals surface area contributed by atoms with Gasteiger partial charge in [-0.1, -0.05) is 29.7 Å². The Balaban J connectivity index is 2.11. The number of carbonyl (C=O) groups is 2. The van der Waals surface area contributed by atoms with Crippen LogP contribution in [0.1, 0.15) is 25.3 Å². The first-order chi connectivity index (χ1) is 16.3. The molecule has 0 spiro atoms. The van der Waals surface area contributed by atoms with Gasteiger partial charge in [0.05, 0.1) is 34.9 Å². The van der Waals surface area contributed by atoms with Crippen molar-refractivity contribution in [1.29, 1.82) is 0 Å². The van der Waals surface area contributed by atoms with Gasteiger partial charge in [-0.15, -0.1) is 6.42 Å². The van der Waals surface area contributed by atoms with Crippen molar-refractivity contribution in [2.75, 3.05) is 13.7 Å². The van der Waals surface area contributed by atoms with E-state index in [1.165, 1.54) is 13.2 Å². The lowest BCUT2D eigenvalue weighted by molar-refractivity contribution is -0.138. The number of benzene rings is 2. The summed E-state index contributed by atoms with van der Waals surface area (Å²) < 4.78 is 16.4. The number of terminal acetylenes is 1.